The summed E-state index contributed by atoms with van der Waals surface area (Å²) in [6.45, 7) is 16.0. The van der Waals surface area contributed by atoms with Crippen molar-refractivity contribution < 1.29 is 0 Å². The molecule has 0 saturated carbocycles. The first-order chi connectivity index (χ1) is 7.96. The maximum atomic E-state index is 5.95. The fourth-order valence-corrected chi connectivity index (χ4v) is 2.74. The van der Waals surface area contributed by atoms with Gasteiger partial charge in [-0.2, -0.15) is 0 Å². The number of hydrogen-bond acceptors (Lipinski definition) is 3. The van der Waals surface area contributed by atoms with Crippen LogP contribution in [0.2, 0.25) is 0 Å². The third-order valence-electron chi connectivity index (χ3n) is 3.58. The van der Waals surface area contributed by atoms with Gasteiger partial charge in [-0.15, -0.1) is 0 Å². The molecule has 1 rings (SSSR count). The topological polar surface area (TPSA) is 32.5 Å². The van der Waals surface area contributed by atoms with Gasteiger partial charge in [0.2, 0.25) is 0 Å². The van der Waals surface area contributed by atoms with Crippen LogP contribution in [-0.2, 0) is 0 Å². The van der Waals surface area contributed by atoms with E-state index in [4.69, 9.17) is 5.73 Å². The summed E-state index contributed by atoms with van der Waals surface area (Å²) >= 11 is 0. The third kappa shape index (κ3) is 5.36. The highest BCUT2D eigenvalue weighted by molar-refractivity contribution is 4.82. The molecule has 3 heteroatoms. The van der Waals surface area contributed by atoms with Gasteiger partial charge in [0, 0.05) is 38.8 Å². The van der Waals surface area contributed by atoms with Crippen LogP contribution in [0.5, 0.6) is 0 Å². The van der Waals surface area contributed by atoms with Crippen LogP contribution >= 0.6 is 0 Å². The molecule has 1 aliphatic rings. The van der Waals surface area contributed by atoms with Crippen molar-refractivity contribution >= 4 is 0 Å². The summed E-state index contributed by atoms with van der Waals surface area (Å²) in [5.41, 5.74) is 6.33. The Kier molecular flexibility index (Phi) is 5.90. The van der Waals surface area contributed by atoms with Gasteiger partial charge >= 0.3 is 0 Å². The van der Waals surface area contributed by atoms with Gasteiger partial charge in [-0.3, -0.25) is 4.90 Å². The van der Waals surface area contributed by atoms with Crippen molar-refractivity contribution in [2.24, 2.45) is 11.1 Å². The Morgan fingerprint density at radius 1 is 1.12 bits per heavy atom. The molecule has 1 heterocycles. The van der Waals surface area contributed by atoms with E-state index in [0.717, 1.165) is 6.54 Å². The Hall–Kier alpha value is -0.120. The van der Waals surface area contributed by atoms with Crippen molar-refractivity contribution in [1.82, 2.24) is 9.80 Å². The van der Waals surface area contributed by atoms with Crippen molar-refractivity contribution in [3.63, 3.8) is 0 Å². The highest BCUT2D eigenvalue weighted by Gasteiger charge is 2.26. The van der Waals surface area contributed by atoms with Gasteiger partial charge in [-0.1, -0.05) is 27.7 Å². The van der Waals surface area contributed by atoms with Crippen molar-refractivity contribution in [1.29, 1.82) is 0 Å². The quantitative estimate of drug-likeness (QED) is 0.796. The number of piperazine rings is 1. The van der Waals surface area contributed by atoms with Crippen LogP contribution < -0.4 is 5.73 Å². The molecule has 102 valence electrons. The van der Waals surface area contributed by atoms with E-state index in [1.165, 1.54) is 45.6 Å². The maximum Gasteiger partial charge on any atom is 0.0224 e. The predicted molar refractivity (Wildman–Crippen MR) is 75.2 cm³/mol. The van der Waals surface area contributed by atoms with Crippen molar-refractivity contribution in [3.8, 4) is 0 Å². The minimum atomic E-state index is 0.380. The zero-order valence-corrected chi connectivity index (χ0v) is 12.2. The largest absolute Gasteiger partial charge is 0.329 e. The van der Waals surface area contributed by atoms with E-state index in [-0.39, 0.29) is 0 Å². The molecule has 0 aromatic rings. The minimum Gasteiger partial charge on any atom is -0.329 e. The summed E-state index contributed by atoms with van der Waals surface area (Å²) in [5.74, 6) is 0. The zero-order valence-electron chi connectivity index (χ0n) is 12.2. The van der Waals surface area contributed by atoms with E-state index in [0.29, 0.717) is 11.5 Å². The summed E-state index contributed by atoms with van der Waals surface area (Å²) in [7, 11) is 0. The Balaban J connectivity index is 2.40. The van der Waals surface area contributed by atoms with Gasteiger partial charge in [0.25, 0.3) is 0 Å². The van der Waals surface area contributed by atoms with Crippen molar-refractivity contribution in [3.05, 3.63) is 0 Å². The highest BCUT2D eigenvalue weighted by atomic mass is 15.3. The first-order valence-corrected chi connectivity index (χ1v) is 7.12. The number of hydrogen-bond donors (Lipinski definition) is 1. The Morgan fingerprint density at radius 3 is 2.12 bits per heavy atom. The molecular formula is C14H31N3. The molecule has 0 spiro atoms. The van der Waals surface area contributed by atoms with E-state index in [1.54, 1.807) is 0 Å². The Labute approximate surface area is 107 Å². The highest BCUT2D eigenvalue weighted by Crippen LogP contribution is 2.23. The lowest BCUT2D eigenvalue weighted by Gasteiger charge is -2.40. The SMILES string of the molecule is CCCN1CCN(C(CN)CC(C)(C)C)CC1. The van der Waals surface area contributed by atoms with Gasteiger partial charge in [0.15, 0.2) is 0 Å². The standard InChI is InChI=1S/C14H31N3/c1-5-6-16-7-9-17(10-8-16)13(12-15)11-14(2,3)4/h13H,5-12,15H2,1-4H3. The van der Waals surface area contributed by atoms with Crippen LogP contribution in [0.3, 0.4) is 0 Å². The molecular weight excluding hydrogens is 210 g/mol. The minimum absolute atomic E-state index is 0.380. The van der Waals surface area contributed by atoms with Crippen LogP contribution in [-0.4, -0.2) is 55.1 Å². The number of rotatable bonds is 5. The number of nitrogens with two attached hydrogens (primary N) is 1. The molecule has 0 bridgehead atoms. The van der Waals surface area contributed by atoms with Crippen LogP contribution in [0.25, 0.3) is 0 Å². The summed E-state index contributed by atoms with van der Waals surface area (Å²) in [5, 5.41) is 0. The van der Waals surface area contributed by atoms with Gasteiger partial charge in [-0.05, 0) is 24.8 Å². The van der Waals surface area contributed by atoms with Gasteiger partial charge in [0.05, 0.1) is 0 Å². The number of nitrogens with zero attached hydrogens (tertiary/aromatic N) is 2. The monoisotopic (exact) mass is 241 g/mol. The van der Waals surface area contributed by atoms with E-state index >= 15 is 0 Å². The lowest BCUT2D eigenvalue weighted by molar-refractivity contribution is 0.0799. The fourth-order valence-electron chi connectivity index (χ4n) is 2.74. The molecule has 0 aromatic heterocycles. The Bertz CT molecular complexity index is 202. The molecule has 3 nitrogen and oxygen atoms in total. The summed E-state index contributed by atoms with van der Waals surface area (Å²) in [6, 6.07) is 0.568. The second-order valence-corrected chi connectivity index (χ2v) is 6.53. The molecule has 1 saturated heterocycles. The van der Waals surface area contributed by atoms with Gasteiger partial charge in [0.1, 0.15) is 0 Å². The zero-order chi connectivity index (χ0) is 12.9. The summed E-state index contributed by atoms with van der Waals surface area (Å²) < 4.78 is 0. The molecule has 2 N–H and O–H groups in total. The Morgan fingerprint density at radius 2 is 1.71 bits per heavy atom. The average molecular weight is 241 g/mol. The lowest BCUT2D eigenvalue weighted by atomic mass is 9.87. The molecule has 1 unspecified atom stereocenters. The van der Waals surface area contributed by atoms with Crippen molar-refractivity contribution in [2.45, 2.75) is 46.6 Å². The molecule has 1 atom stereocenters. The van der Waals surface area contributed by atoms with E-state index in [2.05, 4.69) is 37.5 Å². The molecule has 17 heavy (non-hydrogen) atoms. The first kappa shape index (κ1) is 14.9. The van der Waals surface area contributed by atoms with E-state index in [1.807, 2.05) is 0 Å². The molecule has 0 aromatic carbocycles. The summed E-state index contributed by atoms with van der Waals surface area (Å²) in [4.78, 5) is 5.17. The maximum absolute atomic E-state index is 5.95. The second-order valence-electron chi connectivity index (χ2n) is 6.53. The summed E-state index contributed by atoms with van der Waals surface area (Å²) in [6.07, 6.45) is 2.47. The van der Waals surface area contributed by atoms with E-state index < -0.39 is 0 Å². The fraction of sp³-hybridized carbons (Fsp3) is 1.00. The second kappa shape index (κ2) is 6.72. The lowest BCUT2D eigenvalue weighted by Crippen LogP contribution is -2.53. The van der Waals surface area contributed by atoms with Crippen molar-refractivity contribution in [2.75, 3.05) is 39.3 Å². The first-order valence-electron chi connectivity index (χ1n) is 7.12. The predicted octanol–water partition coefficient (Wildman–Crippen LogP) is 1.78. The van der Waals surface area contributed by atoms with Gasteiger partial charge in [-0.25, -0.2) is 0 Å². The van der Waals surface area contributed by atoms with Crippen LogP contribution in [0.4, 0.5) is 0 Å². The molecule has 0 radical (unpaired) electrons. The molecule has 1 fully saturated rings. The molecule has 1 aliphatic heterocycles. The average Bonchev–Trinajstić information content (AvgIpc) is 2.26. The van der Waals surface area contributed by atoms with E-state index in [9.17, 15) is 0 Å². The molecule has 0 amide bonds. The van der Waals surface area contributed by atoms with Crippen LogP contribution in [0.1, 0.15) is 40.5 Å². The molecule has 0 aliphatic carbocycles. The van der Waals surface area contributed by atoms with Crippen LogP contribution in [0.15, 0.2) is 0 Å². The van der Waals surface area contributed by atoms with Crippen LogP contribution in [0, 0.1) is 5.41 Å². The normalized spacial score (nSPS) is 21.7. The third-order valence-corrected chi connectivity index (χ3v) is 3.58. The smallest absolute Gasteiger partial charge is 0.0224 e. The van der Waals surface area contributed by atoms with Gasteiger partial charge < -0.3 is 10.6 Å².